The van der Waals surface area contributed by atoms with Gasteiger partial charge in [0.1, 0.15) is 5.76 Å². The predicted molar refractivity (Wildman–Crippen MR) is 67.1 cm³/mol. The van der Waals surface area contributed by atoms with E-state index in [1.807, 2.05) is 0 Å². The minimum atomic E-state index is -2.46. The van der Waals surface area contributed by atoms with Gasteiger partial charge in [-0.05, 0) is 30.9 Å². The largest absolute Gasteiger partial charge is 0.455 e. The van der Waals surface area contributed by atoms with E-state index in [9.17, 15) is 18.7 Å². The number of amides is 1. The van der Waals surface area contributed by atoms with Crippen LogP contribution in [0.5, 0.6) is 0 Å². The SMILES string of the molecule is O=C(NCC(O)C1CC1)c1ccc(CSC(F)F)o1. The molecule has 7 heteroatoms. The fraction of sp³-hybridized carbons (Fsp3) is 0.583. The number of aliphatic hydroxyl groups excluding tert-OH is 1. The van der Waals surface area contributed by atoms with Crippen LogP contribution in [0.15, 0.2) is 16.5 Å². The van der Waals surface area contributed by atoms with Crippen LogP contribution in [-0.2, 0) is 5.75 Å². The lowest BCUT2D eigenvalue weighted by atomic mass is 10.2. The molecule has 0 radical (unpaired) electrons. The van der Waals surface area contributed by atoms with Gasteiger partial charge in [-0.15, -0.1) is 0 Å². The molecule has 1 fully saturated rings. The number of hydrogen-bond donors (Lipinski definition) is 2. The number of alkyl halides is 2. The maximum absolute atomic E-state index is 12.0. The third kappa shape index (κ3) is 4.50. The topological polar surface area (TPSA) is 62.5 Å². The van der Waals surface area contributed by atoms with Crippen LogP contribution in [0.25, 0.3) is 0 Å². The summed E-state index contributed by atoms with van der Waals surface area (Å²) in [5, 5.41) is 12.2. The third-order valence-corrected chi connectivity index (χ3v) is 3.58. The van der Waals surface area contributed by atoms with Gasteiger partial charge in [0.25, 0.3) is 11.7 Å². The Labute approximate surface area is 113 Å². The van der Waals surface area contributed by atoms with E-state index in [1.165, 1.54) is 12.1 Å². The van der Waals surface area contributed by atoms with Gasteiger partial charge in [-0.2, -0.15) is 8.78 Å². The molecule has 2 N–H and O–H groups in total. The summed E-state index contributed by atoms with van der Waals surface area (Å²) in [7, 11) is 0. The summed E-state index contributed by atoms with van der Waals surface area (Å²) in [6.45, 7) is 0.186. The third-order valence-electron chi connectivity index (χ3n) is 2.87. The van der Waals surface area contributed by atoms with Gasteiger partial charge in [0.2, 0.25) is 0 Å². The second-order valence-electron chi connectivity index (χ2n) is 4.45. The maximum atomic E-state index is 12.0. The van der Waals surface area contributed by atoms with E-state index < -0.39 is 17.8 Å². The van der Waals surface area contributed by atoms with E-state index in [0.29, 0.717) is 17.5 Å². The highest BCUT2D eigenvalue weighted by molar-refractivity contribution is 7.98. The summed E-state index contributed by atoms with van der Waals surface area (Å²) in [5.74, 6) is -2.18. The quantitative estimate of drug-likeness (QED) is 0.808. The molecule has 1 amide bonds. The smallest absolute Gasteiger partial charge is 0.287 e. The molecule has 1 heterocycles. The van der Waals surface area contributed by atoms with Crippen molar-refractivity contribution >= 4 is 17.7 Å². The molecule has 1 aliphatic rings. The van der Waals surface area contributed by atoms with Gasteiger partial charge in [0.05, 0.1) is 11.9 Å². The first-order valence-corrected chi connectivity index (χ1v) is 7.06. The van der Waals surface area contributed by atoms with Crippen LogP contribution in [0.1, 0.15) is 29.2 Å². The highest BCUT2D eigenvalue weighted by Crippen LogP contribution is 2.32. The summed E-state index contributed by atoms with van der Waals surface area (Å²) in [4.78, 5) is 11.7. The van der Waals surface area contributed by atoms with E-state index >= 15 is 0 Å². The molecule has 4 nitrogen and oxygen atoms in total. The normalized spacial score (nSPS) is 16.6. The molecule has 0 bridgehead atoms. The second kappa shape index (κ2) is 6.38. The van der Waals surface area contributed by atoms with Crippen molar-refractivity contribution in [3.63, 3.8) is 0 Å². The zero-order chi connectivity index (χ0) is 13.8. The van der Waals surface area contributed by atoms with Crippen LogP contribution in [-0.4, -0.2) is 29.4 Å². The Hall–Kier alpha value is -1.08. The standard InChI is InChI=1S/C12H15F2NO3S/c13-12(14)19-6-8-3-4-10(18-8)11(17)15-5-9(16)7-1-2-7/h3-4,7,9,12,16H,1-2,5-6H2,(H,15,17). The van der Waals surface area contributed by atoms with Crippen molar-refractivity contribution in [1.82, 2.24) is 5.32 Å². The molecule has 1 saturated carbocycles. The molecule has 0 saturated heterocycles. The van der Waals surface area contributed by atoms with E-state index in [-0.39, 0.29) is 24.0 Å². The molecule has 0 spiro atoms. The van der Waals surface area contributed by atoms with E-state index in [2.05, 4.69) is 5.32 Å². The molecule has 106 valence electrons. The Morgan fingerprint density at radius 1 is 1.53 bits per heavy atom. The summed E-state index contributed by atoms with van der Waals surface area (Å²) in [6, 6.07) is 2.95. The van der Waals surface area contributed by atoms with Gasteiger partial charge in [-0.25, -0.2) is 0 Å². The van der Waals surface area contributed by atoms with Crippen LogP contribution in [0, 0.1) is 5.92 Å². The summed E-state index contributed by atoms with van der Waals surface area (Å²) < 4.78 is 29.1. The Morgan fingerprint density at radius 3 is 2.89 bits per heavy atom. The summed E-state index contributed by atoms with van der Waals surface area (Å²) in [6.07, 6.45) is 1.47. The van der Waals surface area contributed by atoms with Crippen LogP contribution in [0.4, 0.5) is 8.78 Å². The summed E-state index contributed by atoms with van der Waals surface area (Å²) >= 11 is 0.441. The first-order chi connectivity index (χ1) is 9.06. The van der Waals surface area contributed by atoms with Crippen LogP contribution in [0.3, 0.4) is 0 Å². The molecule has 19 heavy (non-hydrogen) atoms. The van der Waals surface area contributed by atoms with E-state index in [0.717, 1.165) is 12.8 Å². The average molecular weight is 291 g/mol. The zero-order valence-electron chi connectivity index (χ0n) is 10.1. The lowest BCUT2D eigenvalue weighted by molar-refractivity contribution is 0.0873. The van der Waals surface area contributed by atoms with Gasteiger partial charge in [0.15, 0.2) is 5.76 Å². The monoisotopic (exact) mass is 291 g/mol. The molecular formula is C12H15F2NO3S. The fourth-order valence-corrected chi connectivity index (χ4v) is 2.10. The second-order valence-corrected chi connectivity index (χ2v) is 5.43. The number of nitrogens with one attached hydrogen (secondary N) is 1. The molecular weight excluding hydrogens is 276 g/mol. The molecule has 1 aliphatic carbocycles. The van der Waals surface area contributed by atoms with Crippen LogP contribution < -0.4 is 5.32 Å². The first kappa shape index (κ1) is 14.3. The minimum Gasteiger partial charge on any atom is -0.455 e. The highest BCUT2D eigenvalue weighted by atomic mass is 32.2. The van der Waals surface area contributed by atoms with Gasteiger partial charge < -0.3 is 14.8 Å². The molecule has 1 aromatic rings. The van der Waals surface area contributed by atoms with E-state index in [1.54, 1.807) is 0 Å². The Morgan fingerprint density at radius 2 is 2.26 bits per heavy atom. The van der Waals surface area contributed by atoms with Crippen molar-refractivity contribution in [2.45, 2.75) is 30.5 Å². The van der Waals surface area contributed by atoms with Crippen molar-refractivity contribution in [3.05, 3.63) is 23.7 Å². The van der Waals surface area contributed by atoms with Gasteiger partial charge >= 0.3 is 0 Å². The highest BCUT2D eigenvalue weighted by Gasteiger charge is 2.29. The van der Waals surface area contributed by atoms with Gasteiger partial charge in [-0.1, -0.05) is 11.8 Å². The lowest BCUT2D eigenvalue weighted by Crippen LogP contribution is -2.32. The number of halogens is 2. The summed E-state index contributed by atoms with van der Waals surface area (Å²) in [5.41, 5.74) is 0. The van der Waals surface area contributed by atoms with Crippen molar-refractivity contribution < 1.29 is 23.1 Å². The average Bonchev–Trinajstić information content (AvgIpc) is 3.12. The predicted octanol–water partition coefficient (Wildman–Crippen LogP) is 2.24. The van der Waals surface area contributed by atoms with Crippen LogP contribution in [0.2, 0.25) is 0 Å². The Bertz CT molecular complexity index is 434. The molecule has 1 aromatic heterocycles. The number of rotatable bonds is 7. The fourth-order valence-electron chi connectivity index (χ4n) is 1.65. The zero-order valence-corrected chi connectivity index (χ0v) is 11.0. The number of aliphatic hydroxyl groups is 1. The number of thioether (sulfide) groups is 1. The number of carbonyl (C=O) groups is 1. The Balaban J connectivity index is 1.78. The van der Waals surface area contributed by atoms with Gasteiger partial charge in [-0.3, -0.25) is 4.79 Å². The van der Waals surface area contributed by atoms with Crippen molar-refractivity contribution in [2.24, 2.45) is 5.92 Å². The number of furan rings is 1. The maximum Gasteiger partial charge on any atom is 0.287 e. The molecule has 0 aromatic carbocycles. The number of hydrogen-bond acceptors (Lipinski definition) is 4. The van der Waals surface area contributed by atoms with Crippen molar-refractivity contribution in [1.29, 1.82) is 0 Å². The van der Waals surface area contributed by atoms with Gasteiger partial charge in [0, 0.05) is 6.54 Å². The first-order valence-electron chi connectivity index (χ1n) is 6.01. The molecule has 2 rings (SSSR count). The van der Waals surface area contributed by atoms with Crippen LogP contribution >= 0.6 is 11.8 Å². The molecule has 1 atom stereocenters. The lowest BCUT2D eigenvalue weighted by Gasteiger charge is -2.09. The Kier molecular flexibility index (Phi) is 4.81. The molecule has 0 aliphatic heterocycles. The minimum absolute atomic E-state index is 0.0235. The van der Waals surface area contributed by atoms with E-state index in [4.69, 9.17) is 4.42 Å². The number of carbonyl (C=O) groups excluding carboxylic acids is 1. The van der Waals surface area contributed by atoms with Crippen molar-refractivity contribution in [2.75, 3.05) is 6.54 Å². The van der Waals surface area contributed by atoms with Crippen molar-refractivity contribution in [3.8, 4) is 0 Å². The molecule has 1 unspecified atom stereocenters.